The lowest BCUT2D eigenvalue weighted by Gasteiger charge is -2.38. The van der Waals surface area contributed by atoms with Crippen molar-refractivity contribution in [1.82, 2.24) is 14.9 Å². The van der Waals surface area contributed by atoms with Gasteiger partial charge in [0.25, 0.3) is 0 Å². The quantitative estimate of drug-likeness (QED) is 0.454. The second-order valence-corrected chi connectivity index (χ2v) is 7.16. The topological polar surface area (TPSA) is 76.6 Å². The number of amides is 1. The predicted octanol–water partition coefficient (Wildman–Crippen LogP) is 4.09. The number of likely N-dealkylation sites (tertiary alicyclic amines) is 1. The average Bonchev–Trinajstić information content (AvgIpc) is 2.75. The van der Waals surface area contributed by atoms with Crippen LogP contribution in [0.4, 0.5) is 20.3 Å². The van der Waals surface area contributed by atoms with Gasteiger partial charge in [-0.15, -0.1) is 0 Å². The van der Waals surface area contributed by atoms with E-state index in [4.69, 9.17) is 21.1 Å². The van der Waals surface area contributed by atoms with Gasteiger partial charge >= 0.3 is 0 Å². The molecule has 1 N–H and O–H groups in total. The third-order valence-corrected chi connectivity index (χ3v) is 5.18. The SMILES string of the molecule is C=CC(=O)N1CC(Oc2cc3c(Nc4ccc(F)c(Cl)c4F)ncnc3cc2OC)C1. The Morgan fingerprint density at radius 1 is 1.29 bits per heavy atom. The van der Waals surface area contributed by atoms with Gasteiger partial charge in [0, 0.05) is 11.5 Å². The molecule has 31 heavy (non-hydrogen) atoms. The molecule has 1 aliphatic heterocycles. The van der Waals surface area contributed by atoms with Gasteiger partial charge in [0.05, 0.1) is 31.4 Å². The minimum atomic E-state index is -0.931. The summed E-state index contributed by atoms with van der Waals surface area (Å²) in [6, 6.07) is 5.61. The lowest BCUT2D eigenvalue weighted by atomic mass is 10.1. The second kappa shape index (κ2) is 8.35. The van der Waals surface area contributed by atoms with Crippen molar-refractivity contribution in [2.45, 2.75) is 6.10 Å². The van der Waals surface area contributed by atoms with E-state index in [2.05, 4.69) is 21.9 Å². The van der Waals surface area contributed by atoms with Crippen molar-refractivity contribution in [1.29, 1.82) is 0 Å². The van der Waals surface area contributed by atoms with Gasteiger partial charge in [-0.25, -0.2) is 18.7 Å². The molecule has 1 amide bonds. The number of fused-ring (bicyclic) bond motifs is 1. The van der Waals surface area contributed by atoms with Crippen molar-refractivity contribution in [3.05, 3.63) is 59.9 Å². The molecule has 0 unspecified atom stereocenters. The van der Waals surface area contributed by atoms with Crippen LogP contribution in [-0.2, 0) is 4.79 Å². The largest absolute Gasteiger partial charge is 0.493 e. The highest BCUT2D eigenvalue weighted by Crippen LogP contribution is 2.37. The Balaban J connectivity index is 1.65. The zero-order chi connectivity index (χ0) is 22.1. The van der Waals surface area contributed by atoms with Crippen molar-refractivity contribution in [3.8, 4) is 11.5 Å². The number of benzene rings is 2. The first kappa shape index (κ1) is 20.8. The lowest BCUT2D eigenvalue weighted by molar-refractivity contribution is -0.134. The van der Waals surface area contributed by atoms with E-state index in [-0.39, 0.29) is 23.5 Å². The first-order chi connectivity index (χ1) is 14.9. The van der Waals surface area contributed by atoms with E-state index in [0.29, 0.717) is 35.5 Å². The Morgan fingerprint density at radius 2 is 2.06 bits per heavy atom. The Labute approximate surface area is 181 Å². The van der Waals surface area contributed by atoms with Crippen LogP contribution in [0.3, 0.4) is 0 Å². The number of nitrogens with one attached hydrogen (secondary N) is 1. The smallest absolute Gasteiger partial charge is 0.246 e. The molecule has 0 atom stereocenters. The molecule has 1 saturated heterocycles. The molecule has 2 aromatic carbocycles. The van der Waals surface area contributed by atoms with Gasteiger partial charge < -0.3 is 19.7 Å². The van der Waals surface area contributed by atoms with Crippen LogP contribution in [0.15, 0.2) is 43.2 Å². The van der Waals surface area contributed by atoms with E-state index in [1.807, 2.05) is 0 Å². The van der Waals surface area contributed by atoms with E-state index in [1.165, 1.54) is 25.6 Å². The van der Waals surface area contributed by atoms with Crippen molar-refractivity contribution >= 4 is 39.9 Å². The summed E-state index contributed by atoms with van der Waals surface area (Å²) in [5, 5.41) is 2.73. The summed E-state index contributed by atoms with van der Waals surface area (Å²) in [4.78, 5) is 21.6. The van der Waals surface area contributed by atoms with Crippen LogP contribution in [0.5, 0.6) is 11.5 Å². The van der Waals surface area contributed by atoms with E-state index in [9.17, 15) is 13.6 Å². The Morgan fingerprint density at radius 3 is 2.77 bits per heavy atom. The van der Waals surface area contributed by atoms with E-state index < -0.39 is 16.7 Å². The highest BCUT2D eigenvalue weighted by molar-refractivity contribution is 6.31. The van der Waals surface area contributed by atoms with Gasteiger partial charge in [0.1, 0.15) is 29.1 Å². The van der Waals surface area contributed by atoms with Crippen LogP contribution in [0.2, 0.25) is 5.02 Å². The Bertz CT molecular complexity index is 1180. The zero-order valence-corrected chi connectivity index (χ0v) is 17.1. The van der Waals surface area contributed by atoms with Crippen molar-refractivity contribution in [2.24, 2.45) is 0 Å². The van der Waals surface area contributed by atoms with Gasteiger partial charge in [-0.1, -0.05) is 18.2 Å². The summed E-state index contributed by atoms with van der Waals surface area (Å²) < 4.78 is 39.2. The van der Waals surface area contributed by atoms with E-state index >= 15 is 0 Å². The van der Waals surface area contributed by atoms with Crippen LogP contribution in [0.1, 0.15) is 0 Å². The molecule has 160 valence electrons. The van der Waals surface area contributed by atoms with Gasteiger partial charge in [-0.2, -0.15) is 0 Å². The number of ether oxygens (including phenoxy) is 2. The molecule has 0 spiro atoms. The molecule has 0 radical (unpaired) electrons. The number of hydrogen-bond donors (Lipinski definition) is 1. The highest BCUT2D eigenvalue weighted by atomic mass is 35.5. The fourth-order valence-corrected chi connectivity index (χ4v) is 3.33. The number of carbonyl (C=O) groups excluding carboxylic acids is 1. The monoisotopic (exact) mass is 446 g/mol. The van der Waals surface area contributed by atoms with Gasteiger partial charge in [0.2, 0.25) is 5.91 Å². The molecular weight excluding hydrogens is 430 g/mol. The number of nitrogens with zero attached hydrogens (tertiary/aromatic N) is 3. The fourth-order valence-electron chi connectivity index (χ4n) is 3.17. The van der Waals surface area contributed by atoms with E-state index in [1.54, 1.807) is 17.0 Å². The molecule has 4 rings (SSSR count). The lowest BCUT2D eigenvalue weighted by Crippen LogP contribution is -2.55. The molecule has 0 aliphatic carbocycles. The van der Waals surface area contributed by atoms with Crippen LogP contribution in [0, 0.1) is 11.6 Å². The van der Waals surface area contributed by atoms with Crippen LogP contribution < -0.4 is 14.8 Å². The van der Waals surface area contributed by atoms with Crippen molar-refractivity contribution < 1.29 is 23.0 Å². The highest BCUT2D eigenvalue weighted by Gasteiger charge is 2.31. The number of anilines is 2. The molecule has 1 fully saturated rings. The average molecular weight is 447 g/mol. The number of halogens is 3. The molecule has 10 heteroatoms. The molecule has 3 aromatic rings. The number of rotatable bonds is 6. The van der Waals surface area contributed by atoms with Gasteiger partial charge in [-0.05, 0) is 24.3 Å². The fraction of sp³-hybridized carbons (Fsp3) is 0.190. The van der Waals surface area contributed by atoms with Crippen molar-refractivity contribution in [3.63, 3.8) is 0 Å². The third-order valence-electron chi connectivity index (χ3n) is 4.84. The summed E-state index contributed by atoms with van der Waals surface area (Å²) in [6.07, 6.45) is 2.34. The Hall–Kier alpha value is -3.46. The molecule has 1 aliphatic rings. The number of methoxy groups -OCH3 is 1. The Kier molecular flexibility index (Phi) is 5.60. The minimum absolute atomic E-state index is 0.0396. The summed E-state index contributed by atoms with van der Waals surface area (Å²) in [5.74, 6) is -0.814. The molecule has 7 nitrogen and oxygen atoms in total. The van der Waals surface area contributed by atoms with Crippen LogP contribution in [-0.4, -0.2) is 47.1 Å². The third kappa shape index (κ3) is 3.96. The summed E-state index contributed by atoms with van der Waals surface area (Å²) in [5.41, 5.74) is 0.481. The minimum Gasteiger partial charge on any atom is -0.493 e. The first-order valence-electron chi connectivity index (χ1n) is 9.22. The predicted molar refractivity (Wildman–Crippen MR) is 112 cm³/mol. The molecule has 0 saturated carbocycles. The van der Waals surface area contributed by atoms with Crippen LogP contribution in [0.25, 0.3) is 10.9 Å². The summed E-state index contributed by atoms with van der Waals surface area (Å²) in [7, 11) is 1.50. The molecule has 0 bridgehead atoms. The normalized spacial score (nSPS) is 13.6. The summed E-state index contributed by atoms with van der Waals surface area (Å²) >= 11 is 5.66. The zero-order valence-electron chi connectivity index (χ0n) is 16.4. The first-order valence-corrected chi connectivity index (χ1v) is 9.60. The van der Waals surface area contributed by atoms with Gasteiger partial charge in [-0.3, -0.25) is 4.79 Å². The maximum atomic E-state index is 14.3. The van der Waals surface area contributed by atoms with Crippen LogP contribution >= 0.6 is 11.6 Å². The standard InChI is InChI=1S/C21H17ClF2N4O3/c1-3-18(29)28-8-11(9-28)31-17-6-12-15(7-16(17)30-2)25-10-26-21(12)27-14-5-4-13(23)19(22)20(14)24/h3-7,10-11H,1,8-9H2,2H3,(H,25,26,27). The summed E-state index contributed by atoms with van der Waals surface area (Å²) in [6.45, 7) is 4.30. The number of aromatic nitrogens is 2. The van der Waals surface area contributed by atoms with Crippen molar-refractivity contribution in [2.75, 3.05) is 25.5 Å². The maximum Gasteiger partial charge on any atom is 0.246 e. The molecular formula is C21H17ClF2N4O3. The maximum absolute atomic E-state index is 14.3. The number of carbonyl (C=O) groups is 1. The van der Waals surface area contributed by atoms with E-state index in [0.717, 1.165) is 6.07 Å². The second-order valence-electron chi connectivity index (χ2n) is 6.78. The number of hydrogen-bond acceptors (Lipinski definition) is 6. The van der Waals surface area contributed by atoms with Gasteiger partial charge in [0.15, 0.2) is 17.3 Å². The molecule has 1 aromatic heterocycles. The molecule has 2 heterocycles.